The van der Waals surface area contributed by atoms with Gasteiger partial charge in [-0.15, -0.1) is 0 Å². The summed E-state index contributed by atoms with van der Waals surface area (Å²) in [5, 5.41) is 45.8. The molecule has 0 atom stereocenters. The summed E-state index contributed by atoms with van der Waals surface area (Å²) in [6.07, 6.45) is 0. The summed E-state index contributed by atoms with van der Waals surface area (Å²) in [7, 11) is -10.3. The number of hydrogen-bond donors (Lipinski definition) is 5. The zero-order chi connectivity index (χ0) is 108. The fourth-order valence-corrected chi connectivity index (χ4v) is 22.0. The molecule has 0 spiro atoms. The minimum Gasteiger partial charge on any atom is -0.497 e. The largest absolute Gasteiger partial charge is 0.497 e. The van der Waals surface area contributed by atoms with Gasteiger partial charge in [0.05, 0.1) is 95.0 Å². The molecular weight excluding hydrogens is 2050 g/mol. The number of carboxylic acids is 5. The Hall–Kier alpha value is -15.8. The minimum atomic E-state index is -3.97. The quantitative estimate of drug-likeness (QED) is 0.0237. The molecule has 0 aliphatic heterocycles. The number of benzene rings is 15. The molecule has 0 fully saturated rings. The van der Waals surface area contributed by atoms with E-state index in [9.17, 15) is 70.5 Å². The van der Waals surface area contributed by atoms with Crippen LogP contribution in [-0.4, -0.2) is 162 Å². The molecule has 15 aromatic carbocycles. The normalized spacial score (nSPS) is 11.4. The van der Waals surface area contributed by atoms with Crippen LogP contribution in [0.1, 0.15) is 113 Å². The Kier molecular flexibility index (Phi) is 41.0. The number of sulfonamides is 5. The molecule has 0 heterocycles. The second-order valence-electron chi connectivity index (χ2n) is 33.3. The first kappa shape index (κ1) is 115. The van der Waals surface area contributed by atoms with Gasteiger partial charge in [0.15, 0.2) is 0 Å². The van der Waals surface area contributed by atoms with E-state index in [4.69, 9.17) is 65.6 Å². The van der Waals surface area contributed by atoms with E-state index in [2.05, 4.69) is 0 Å². The predicted octanol–water partition coefficient (Wildman–Crippen LogP) is 20.0. The molecule has 0 amide bonds. The predicted molar refractivity (Wildman–Crippen MR) is 563 cm³/mol. The molecule has 780 valence electrons. The average molecular weight is 2150 g/mol. The highest BCUT2D eigenvalue weighted by Gasteiger charge is 2.33. The third-order valence-corrected chi connectivity index (χ3v) is 32.4. The number of para-hydroxylation sites is 1. The van der Waals surface area contributed by atoms with Crippen molar-refractivity contribution < 1.29 is 124 Å². The minimum absolute atomic E-state index is 0.00382. The van der Waals surface area contributed by atoms with Crippen LogP contribution in [-0.2, 0) is 116 Å². The molecule has 15 rings (SSSR count). The molecule has 0 saturated carbocycles. The molecular formula is C112H107ClFN5O26S5. The summed E-state index contributed by atoms with van der Waals surface area (Å²) in [6.45, 7) is 3.10. The molecule has 0 aromatic heterocycles. The number of halogens is 2. The van der Waals surface area contributed by atoms with Crippen molar-refractivity contribution in [3.63, 3.8) is 0 Å². The molecule has 31 nitrogen and oxygen atoms in total. The zero-order valence-electron chi connectivity index (χ0n) is 82.1. The van der Waals surface area contributed by atoms with E-state index in [1.54, 1.807) is 150 Å². The second-order valence-corrected chi connectivity index (χ2v) is 43.4. The van der Waals surface area contributed by atoms with Gasteiger partial charge in [-0.05, 0) is 251 Å². The highest BCUT2D eigenvalue weighted by atomic mass is 35.5. The molecule has 0 bridgehead atoms. The van der Waals surface area contributed by atoms with Crippen molar-refractivity contribution in [3.05, 3.63) is 470 Å². The standard InChI is InChI=1S/C24H25NO7S.C22H20ClNO5S.C22H20FNO5S.C22H21NO5S.C22H21NO4S/c1-30-20-8-4-17(5-9-20)15-25(16-18-12-21(31-2)14-22(13-18)32-3)33(28,29)23-10-6-19(7-11-23)24(26)27;1-29-19-10-6-16(7-11-19)14-24(15-18-4-2-3-5-21(18)23)30(27,28)20-12-8-17(9-13-20)22(25)26;1-29-20-10-4-17(5-11-20)15-24(14-16-2-8-19(23)9-3-16)30(27,28)21-12-6-18(7-13-21)22(25)26;1-28-21-10-6-5-9-19(21)16-23(15-17-7-3-2-4-8-17)29(26,27)20-13-11-18(12-14-20)22(24)25;1-17-7-9-19(10-8-17)16-23(15-18-5-3-2-4-6-18)28(26,27)21-13-11-20(12-14-21)22(24)25/h4-14H,15-16H2,1-3H3,(H,26,27);2*2-13H,14-15H2,1H3,(H,25,26);2-14H,15-16H2,1H3,(H,24,25);2-14H,15-16H2,1H3,(H,24,25). The Labute approximate surface area is 875 Å². The number of ether oxygens (including phenoxy) is 6. The molecule has 38 heteroatoms. The van der Waals surface area contributed by atoms with Gasteiger partial charge in [-0.1, -0.05) is 187 Å². The van der Waals surface area contributed by atoms with Gasteiger partial charge in [0.25, 0.3) is 0 Å². The van der Waals surface area contributed by atoms with Gasteiger partial charge in [0.1, 0.15) is 40.3 Å². The summed E-state index contributed by atoms with van der Waals surface area (Å²) < 4.78 is 185. The number of carboxylic acid groups (broad SMARTS) is 5. The monoisotopic (exact) mass is 2150 g/mol. The van der Waals surface area contributed by atoms with Crippen LogP contribution in [0.2, 0.25) is 5.02 Å². The Balaban J connectivity index is 0.000000178. The first-order valence-corrected chi connectivity index (χ1v) is 53.2. The van der Waals surface area contributed by atoms with E-state index >= 15 is 0 Å². The number of aromatic carboxylic acids is 5. The first-order chi connectivity index (χ1) is 71.6. The second kappa shape index (κ2) is 53.7. The fourth-order valence-electron chi connectivity index (χ4n) is 14.8. The Morgan fingerprint density at radius 1 is 0.240 bits per heavy atom. The van der Waals surface area contributed by atoms with Gasteiger partial charge in [-0.3, -0.25) is 0 Å². The molecule has 150 heavy (non-hydrogen) atoms. The number of rotatable bonds is 41. The van der Waals surface area contributed by atoms with Crippen molar-refractivity contribution in [2.45, 2.75) is 96.8 Å². The van der Waals surface area contributed by atoms with E-state index in [-0.39, 0.29) is 118 Å². The molecule has 0 saturated heterocycles. The summed E-state index contributed by atoms with van der Waals surface area (Å²) in [5.74, 6) is -2.34. The maximum Gasteiger partial charge on any atom is 0.335 e. The molecule has 15 aromatic rings. The maximum atomic E-state index is 13.5. The third-order valence-electron chi connectivity index (χ3n) is 23.0. The topological polar surface area (TPSA) is 429 Å². The molecule has 0 unspecified atom stereocenters. The summed E-state index contributed by atoms with van der Waals surface area (Å²) in [4.78, 5) is 55.5. The lowest BCUT2D eigenvalue weighted by Crippen LogP contribution is -2.30. The Morgan fingerprint density at radius 3 is 0.720 bits per heavy atom. The van der Waals surface area contributed by atoms with E-state index in [1.807, 2.05) is 110 Å². The van der Waals surface area contributed by atoms with Gasteiger partial charge in [0.2, 0.25) is 50.1 Å². The first-order valence-electron chi connectivity index (χ1n) is 45.7. The lowest BCUT2D eigenvalue weighted by molar-refractivity contribution is 0.0686. The SMILES string of the molecule is COc1ccc(CN(Cc2cc(OC)cc(OC)c2)S(=O)(=O)c2ccc(C(=O)O)cc2)cc1.COc1ccc(CN(Cc2ccc(F)cc2)S(=O)(=O)c2ccc(C(=O)O)cc2)cc1.COc1ccc(CN(Cc2ccccc2Cl)S(=O)(=O)c2ccc(C(=O)O)cc2)cc1.COc1ccccc1CN(Cc1ccccc1)S(=O)(=O)c1ccc(C(=O)O)cc1.Cc1ccc(CN(Cc2ccccc2)S(=O)(=O)c2ccc(C(=O)O)cc2)cc1. The van der Waals surface area contributed by atoms with Crippen LogP contribution in [0.5, 0.6) is 34.5 Å². The summed E-state index contributed by atoms with van der Waals surface area (Å²) in [6, 6.07) is 98.5. The molecule has 0 aliphatic rings. The van der Waals surface area contributed by atoms with Gasteiger partial charge in [-0.2, -0.15) is 21.5 Å². The van der Waals surface area contributed by atoms with Crippen molar-refractivity contribution in [2.24, 2.45) is 0 Å². The van der Waals surface area contributed by atoms with Gasteiger partial charge in [-0.25, -0.2) is 70.5 Å². The number of nitrogens with zero attached hydrogens (tertiary/aromatic N) is 5. The van der Waals surface area contributed by atoms with E-state index in [1.165, 1.54) is 181 Å². The van der Waals surface area contributed by atoms with Crippen molar-refractivity contribution in [2.75, 3.05) is 42.7 Å². The van der Waals surface area contributed by atoms with Crippen molar-refractivity contribution >= 4 is 91.6 Å². The van der Waals surface area contributed by atoms with E-state index in [0.29, 0.717) is 56.2 Å². The smallest absolute Gasteiger partial charge is 0.335 e. The molecule has 0 aliphatic carbocycles. The number of carbonyl (C=O) groups is 5. The Bertz CT molecular complexity index is 7690. The number of aryl methyl sites for hydroxylation is 1. The summed E-state index contributed by atoms with van der Waals surface area (Å²) in [5.41, 5.74) is 8.76. The van der Waals surface area contributed by atoms with Crippen LogP contribution in [0.25, 0.3) is 0 Å². The van der Waals surface area contributed by atoms with Crippen LogP contribution in [0.4, 0.5) is 4.39 Å². The third kappa shape index (κ3) is 32.1. The lowest BCUT2D eigenvalue weighted by Gasteiger charge is -2.23. The zero-order valence-corrected chi connectivity index (χ0v) is 87.0. The van der Waals surface area contributed by atoms with Crippen LogP contribution < -0.4 is 28.4 Å². The summed E-state index contributed by atoms with van der Waals surface area (Å²) >= 11 is 6.26. The lowest BCUT2D eigenvalue weighted by atomic mass is 10.1. The molecule has 5 N–H and O–H groups in total. The molecule has 0 radical (unpaired) electrons. The van der Waals surface area contributed by atoms with Crippen molar-refractivity contribution in [3.8, 4) is 34.5 Å². The van der Waals surface area contributed by atoms with Gasteiger partial charge in [0, 0.05) is 82.1 Å². The number of methoxy groups -OCH3 is 6. The van der Waals surface area contributed by atoms with Crippen LogP contribution >= 0.6 is 11.6 Å². The van der Waals surface area contributed by atoms with Crippen LogP contribution in [0.3, 0.4) is 0 Å². The fraction of sp³-hybridized carbons (Fsp3) is 0.152. The van der Waals surface area contributed by atoms with E-state index in [0.717, 1.165) is 44.5 Å². The van der Waals surface area contributed by atoms with Crippen molar-refractivity contribution in [1.82, 2.24) is 21.5 Å². The van der Waals surface area contributed by atoms with Crippen molar-refractivity contribution in [1.29, 1.82) is 0 Å². The van der Waals surface area contributed by atoms with Crippen LogP contribution in [0.15, 0.2) is 395 Å². The van der Waals surface area contributed by atoms with E-state index < -0.39 is 85.8 Å². The highest BCUT2D eigenvalue weighted by Crippen LogP contribution is 2.34. The van der Waals surface area contributed by atoms with Crippen LogP contribution in [0, 0.1) is 12.7 Å². The van der Waals surface area contributed by atoms with Gasteiger partial charge < -0.3 is 54.0 Å². The maximum absolute atomic E-state index is 13.5. The van der Waals surface area contributed by atoms with Gasteiger partial charge >= 0.3 is 29.8 Å². The average Bonchev–Trinajstić information content (AvgIpc) is 0.799. The highest BCUT2D eigenvalue weighted by molar-refractivity contribution is 7.90. The number of hydrogen-bond acceptors (Lipinski definition) is 21. The Morgan fingerprint density at radius 2 is 0.460 bits per heavy atom.